The Morgan fingerprint density at radius 1 is 1.11 bits per heavy atom. The summed E-state index contributed by atoms with van der Waals surface area (Å²) < 4.78 is 39.1. The quantitative estimate of drug-likeness (QED) is 0.573. The van der Waals surface area contributed by atoms with Gasteiger partial charge in [0.1, 0.15) is 13.2 Å². The molecule has 0 unspecified atom stereocenters. The second-order valence-electron chi connectivity index (χ2n) is 6.88. The highest BCUT2D eigenvalue weighted by Gasteiger charge is 2.37. The van der Waals surface area contributed by atoms with E-state index in [2.05, 4.69) is 0 Å². The molecule has 8 nitrogen and oxygen atoms in total. The van der Waals surface area contributed by atoms with Gasteiger partial charge in [-0.05, 0) is 43.5 Å². The number of hydrogen-bond donors (Lipinski definition) is 0. The van der Waals surface area contributed by atoms with Crippen molar-refractivity contribution in [2.75, 3.05) is 19.8 Å². The molecule has 0 spiro atoms. The average molecular weight is 404 g/mol. The van der Waals surface area contributed by atoms with Crippen LogP contribution in [0.3, 0.4) is 0 Å². The van der Waals surface area contributed by atoms with Crippen LogP contribution in [0, 0.1) is 17.0 Å². The predicted molar refractivity (Wildman–Crippen MR) is 101 cm³/mol. The van der Waals surface area contributed by atoms with Gasteiger partial charge in [0.25, 0.3) is 5.69 Å². The largest absolute Gasteiger partial charge is 0.486 e. The van der Waals surface area contributed by atoms with Crippen molar-refractivity contribution < 1.29 is 22.8 Å². The Morgan fingerprint density at radius 2 is 1.86 bits per heavy atom. The van der Waals surface area contributed by atoms with E-state index in [1.807, 2.05) is 12.1 Å². The monoisotopic (exact) mass is 404 g/mol. The number of nitro groups is 1. The molecule has 1 atom stereocenters. The molecular weight excluding hydrogens is 384 g/mol. The summed E-state index contributed by atoms with van der Waals surface area (Å²) in [6, 6.07) is 9.17. The van der Waals surface area contributed by atoms with Crippen LogP contribution < -0.4 is 9.47 Å². The van der Waals surface area contributed by atoms with Gasteiger partial charge in [0.05, 0.1) is 15.9 Å². The van der Waals surface area contributed by atoms with Crippen LogP contribution in [0.25, 0.3) is 0 Å². The van der Waals surface area contributed by atoms with Gasteiger partial charge in [-0.3, -0.25) is 10.1 Å². The first-order chi connectivity index (χ1) is 13.4. The third-order valence-corrected chi connectivity index (χ3v) is 7.04. The molecule has 148 valence electrons. The molecule has 9 heteroatoms. The first kappa shape index (κ1) is 18.7. The van der Waals surface area contributed by atoms with Crippen molar-refractivity contribution in [3.63, 3.8) is 0 Å². The summed E-state index contributed by atoms with van der Waals surface area (Å²) in [5.41, 5.74) is 1.05. The Kier molecular flexibility index (Phi) is 4.72. The molecule has 0 N–H and O–H groups in total. The highest BCUT2D eigenvalue weighted by Crippen LogP contribution is 2.40. The highest BCUT2D eigenvalue weighted by molar-refractivity contribution is 7.89. The third kappa shape index (κ3) is 3.20. The van der Waals surface area contributed by atoms with Gasteiger partial charge in [-0.2, -0.15) is 4.31 Å². The summed E-state index contributed by atoms with van der Waals surface area (Å²) in [7, 11) is -3.87. The van der Waals surface area contributed by atoms with Gasteiger partial charge in [-0.1, -0.05) is 12.1 Å². The number of fused-ring (bicyclic) bond motifs is 1. The Labute approximate surface area is 162 Å². The van der Waals surface area contributed by atoms with E-state index < -0.39 is 14.9 Å². The zero-order valence-electron chi connectivity index (χ0n) is 15.3. The maximum Gasteiger partial charge on any atom is 0.273 e. The van der Waals surface area contributed by atoms with Gasteiger partial charge in [-0.15, -0.1) is 0 Å². The molecule has 1 saturated heterocycles. The zero-order chi connectivity index (χ0) is 19.9. The molecule has 2 aliphatic heterocycles. The van der Waals surface area contributed by atoms with Crippen LogP contribution in [-0.4, -0.2) is 37.4 Å². The number of benzene rings is 2. The van der Waals surface area contributed by atoms with Crippen molar-refractivity contribution in [1.82, 2.24) is 4.31 Å². The molecule has 2 aliphatic rings. The van der Waals surface area contributed by atoms with Gasteiger partial charge in [0, 0.05) is 18.2 Å². The molecule has 28 heavy (non-hydrogen) atoms. The van der Waals surface area contributed by atoms with E-state index in [9.17, 15) is 18.5 Å². The Bertz CT molecular complexity index is 1040. The van der Waals surface area contributed by atoms with Crippen LogP contribution in [0.15, 0.2) is 41.3 Å². The Balaban J connectivity index is 1.70. The molecule has 4 rings (SSSR count). The van der Waals surface area contributed by atoms with E-state index in [4.69, 9.17) is 9.47 Å². The number of nitrogens with zero attached hydrogens (tertiary/aromatic N) is 2. The number of aryl methyl sites for hydroxylation is 1. The number of ether oxygens (including phenoxy) is 2. The van der Waals surface area contributed by atoms with Crippen LogP contribution in [0.2, 0.25) is 0 Å². The highest BCUT2D eigenvalue weighted by atomic mass is 32.2. The lowest BCUT2D eigenvalue weighted by atomic mass is 10.0. The van der Waals surface area contributed by atoms with Crippen molar-refractivity contribution in [3.8, 4) is 11.5 Å². The van der Waals surface area contributed by atoms with Crippen molar-refractivity contribution in [2.24, 2.45) is 0 Å². The Morgan fingerprint density at radius 3 is 2.61 bits per heavy atom. The second kappa shape index (κ2) is 7.06. The summed E-state index contributed by atoms with van der Waals surface area (Å²) in [4.78, 5) is 10.6. The van der Waals surface area contributed by atoms with Gasteiger partial charge in [0.15, 0.2) is 11.5 Å². The number of sulfonamides is 1. The number of hydrogen-bond acceptors (Lipinski definition) is 6. The second-order valence-corrected chi connectivity index (χ2v) is 8.77. The van der Waals surface area contributed by atoms with E-state index in [0.717, 1.165) is 11.6 Å². The molecule has 0 aromatic heterocycles. The summed E-state index contributed by atoms with van der Waals surface area (Å²) in [5.74, 6) is 1.26. The fraction of sp³-hybridized carbons (Fsp3) is 0.368. The van der Waals surface area contributed by atoms with E-state index in [-0.39, 0.29) is 16.6 Å². The van der Waals surface area contributed by atoms with Crippen molar-refractivity contribution in [1.29, 1.82) is 0 Å². The number of nitro benzene ring substituents is 1. The lowest BCUT2D eigenvalue weighted by Gasteiger charge is -2.26. The Hall–Kier alpha value is -2.65. The molecule has 2 heterocycles. The van der Waals surface area contributed by atoms with Crippen LogP contribution >= 0.6 is 0 Å². The molecule has 0 saturated carbocycles. The maximum atomic E-state index is 13.2. The van der Waals surface area contributed by atoms with Crippen LogP contribution in [-0.2, 0) is 10.0 Å². The third-order valence-electron chi connectivity index (χ3n) is 5.14. The lowest BCUT2D eigenvalue weighted by Crippen LogP contribution is -2.31. The minimum absolute atomic E-state index is 0.0609. The zero-order valence-corrected chi connectivity index (χ0v) is 16.1. The standard InChI is InChI=1S/C19H20N2O6S/c1-13-4-6-15(12-17(13)21(22)23)28(24,25)20-8-2-3-16(20)14-5-7-18-19(11-14)27-10-9-26-18/h4-7,11-12,16H,2-3,8-10H2,1H3/t16-/m1/s1. The van der Waals surface area contributed by atoms with Crippen LogP contribution in [0.1, 0.15) is 30.0 Å². The maximum absolute atomic E-state index is 13.2. The molecule has 2 aromatic carbocycles. The normalized spacial score (nSPS) is 19.5. The summed E-state index contributed by atoms with van der Waals surface area (Å²) in [5, 5.41) is 11.2. The van der Waals surface area contributed by atoms with Gasteiger partial charge in [0.2, 0.25) is 10.0 Å². The minimum atomic E-state index is -3.87. The topological polar surface area (TPSA) is 99.0 Å². The first-order valence-electron chi connectivity index (χ1n) is 9.04. The smallest absolute Gasteiger partial charge is 0.273 e. The fourth-order valence-corrected chi connectivity index (χ4v) is 5.41. The van der Waals surface area contributed by atoms with Crippen molar-refractivity contribution in [3.05, 3.63) is 57.6 Å². The fourth-order valence-electron chi connectivity index (χ4n) is 3.71. The molecule has 0 amide bonds. The summed E-state index contributed by atoms with van der Waals surface area (Å²) >= 11 is 0. The lowest BCUT2D eigenvalue weighted by molar-refractivity contribution is -0.385. The molecular formula is C19H20N2O6S. The molecule has 1 fully saturated rings. The predicted octanol–water partition coefficient (Wildman–Crippen LogP) is 3.20. The van der Waals surface area contributed by atoms with Crippen molar-refractivity contribution >= 4 is 15.7 Å². The first-order valence-corrected chi connectivity index (χ1v) is 10.5. The molecule has 2 aromatic rings. The number of rotatable bonds is 4. The molecule has 0 radical (unpaired) electrons. The molecule has 0 aliphatic carbocycles. The SMILES string of the molecule is Cc1ccc(S(=O)(=O)N2CCC[C@@H]2c2ccc3c(c2)OCCO3)cc1[N+](=O)[O-]. The minimum Gasteiger partial charge on any atom is -0.486 e. The van der Waals surface area contributed by atoms with Crippen molar-refractivity contribution in [2.45, 2.75) is 30.7 Å². The van der Waals surface area contributed by atoms with E-state index >= 15 is 0 Å². The van der Waals surface area contributed by atoms with Gasteiger partial charge >= 0.3 is 0 Å². The van der Waals surface area contributed by atoms with E-state index in [1.165, 1.54) is 16.4 Å². The molecule has 0 bridgehead atoms. The summed E-state index contributed by atoms with van der Waals surface area (Å²) in [6.07, 6.45) is 1.39. The van der Waals surface area contributed by atoms with Gasteiger partial charge < -0.3 is 9.47 Å². The summed E-state index contributed by atoms with van der Waals surface area (Å²) in [6.45, 7) is 2.89. The van der Waals surface area contributed by atoms with Crippen LogP contribution in [0.4, 0.5) is 5.69 Å². The average Bonchev–Trinajstić information content (AvgIpc) is 3.18. The van der Waals surface area contributed by atoms with Crippen LogP contribution in [0.5, 0.6) is 11.5 Å². The van der Waals surface area contributed by atoms with E-state index in [1.54, 1.807) is 13.0 Å². The van der Waals surface area contributed by atoms with Gasteiger partial charge in [-0.25, -0.2) is 8.42 Å². The van der Waals surface area contributed by atoms with E-state index in [0.29, 0.717) is 49.7 Å².